The summed E-state index contributed by atoms with van der Waals surface area (Å²) >= 11 is 0. The molecule has 3 N–H and O–H groups in total. The van der Waals surface area contributed by atoms with Crippen LogP contribution >= 0.6 is 0 Å². The van der Waals surface area contributed by atoms with Crippen LogP contribution in [-0.2, 0) is 24.3 Å². The fraction of sp³-hybridized carbons (Fsp3) is 0.857. The summed E-state index contributed by atoms with van der Waals surface area (Å²) in [5.41, 5.74) is 2.28. The summed E-state index contributed by atoms with van der Waals surface area (Å²) in [6.45, 7) is 6.48. The zero-order valence-electron chi connectivity index (χ0n) is 15.3. The number of rotatable bonds is 7. The van der Waals surface area contributed by atoms with Crippen LogP contribution in [0.15, 0.2) is 0 Å². The molecule has 0 spiro atoms. The van der Waals surface area contributed by atoms with Gasteiger partial charge in [0, 0.05) is 12.6 Å². The van der Waals surface area contributed by atoms with E-state index in [4.69, 9.17) is 9.39 Å². The molecule has 1 unspecified atom stereocenters. The van der Waals surface area contributed by atoms with Crippen molar-refractivity contribution in [2.75, 3.05) is 20.2 Å². The lowest BCUT2D eigenvalue weighted by molar-refractivity contribution is -0.140. The van der Waals surface area contributed by atoms with Crippen molar-refractivity contribution >= 4 is 22.3 Å². The molecule has 150 valence electrons. The predicted octanol–water partition coefficient (Wildman–Crippen LogP) is -0.329. The number of urea groups is 1. The molecule has 0 aromatic carbocycles. The maximum atomic E-state index is 12.4. The number of likely N-dealkylation sites (N-methyl/N-ethyl adjacent to an activating group) is 1. The molecule has 2 saturated heterocycles. The van der Waals surface area contributed by atoms with Crippen LogP contribution in [-0.4, -0.2) is 73.2 Å². The Morgan fingerprint density at radius 1 is 1.38 bits per heavy atom. The summed E-state index contributed by atoms with van der Waals surface area (Å²) < 4.78 is 34.8. The average Bonchev–Trinajstić information content (AvgIpc) is 2.74. The van der Waals surface area contributed by atoms with Gasteiger partial charge in [-0.25, -0.2) is 10.3 Å². The predicted molar refractivity (Wildman–Crippen MR) is 89.8 cm³/mol. The number of hydrogen-bond acceptors (Lipinski definition) is 7. The topological polar surface area (TPSA) is 138 Å². The lowest BCUT2D eigenvalue weighted by atomic mass is 9.87. The van der Waals surface area contributed by atoms with E-state index in [2.05, 4.69) is 15.1 Å². The molecule has 0 aromatic rings. The van der Waals surface area contributed by atoms with Gasteiger partial charge in [-0.2, -0.15) is 13.5 Å². The smallest absolute Gasteiger partial charge is 0.314 e. The van der Waals surface area contributed by atoms with E-state index in [9.17, 15) is 18.0 Å². The highest BCUT2D eigenvalue weighted by Gasteiger charge is 2.49. The third-order valence-corrected chi connectivity index (χ3v) is 4.97. The minimum Gasteiger partial charge on any atom is -0.314 e. The van der Waals surface area contributed by atoms with E-state index in [0.717, 1.165) is 0 Å². The number of carbonyl (C=O) groups excluding carboxylic acids is 2. The Morgan fingerprint density at radius 3 is 2.58 bits per heavy atom. The van der Waals surface area contributed by atoms with Crippen LogP contribution in [0, 0.1) is 5.41 Å². The van der Waals surface area contributed by atoms with Gasteiger partial charge in [-0.05, 0) is 25.3 Å². The number of carbonyl (C=O) groups is 2. The van der Waals surface area contributed by atoms with Gasteiger partial charge in [-0.15, -0.1) is 4.28 Å². The Hall–Kier alpha value is -1.47. The summed E-state index contributed by atoms with van der Waals surface area (Å²) in [7, 11) is -3.01. The van der Waals surface area contributed by atoms with Crippen molar-refractivity contribution in [3.63, 3.8) is 0 Å². The molecule has 12 heteroatoms. The van der Waals surface area contributed by atoms with Crippen molar-refractivity contribution in [3.8, 4) is 0 Å². The molecule has 11 nitrogen and oxygen atoms in total. The third kappa shape index (κ3) is 4.82. The van der Waals surface area contributed by atoms with Gasteiger partial charge in [0.2, 0.25) is 0 Å². The van der Waals surface area contributed by atoms with Gasteiger partial charge < -0.3 is 10.2 Å². The van der Waals surface area contributed by atoms with Crippen LogP contribution in [0.2, 0.25) is 0 Å². The van der Waals surface area contributed by atoms with Crippen LogP contribution in [0.5, 0.6) is 0 Å². The van der Waals surface area contributed by atoms with Crippen LogP contribution in [0.3, 0.4) is 0 Å². The number of amides is 3. The highest BCUT2D eigenvalue weighted by atomic mass is 32.3. The fourth-order valence-electron chi connectivity index (χ4n) is 3.13. The van der Waals surface area contributed by atoms with E-state index >= 15 is 0 Å². The average molecular weight is 394 g/mol. The minimum atomic E-state index is -4.81. The van der Waals surface area contributed by atoms with E-state index in [1.54, 1.807) is 7.05 Å². The molecule has 2 rings (SSSR count). The number of nitrogens with one attached hydrogen (secondary N) is 2. The molecule has 0 aromatic heterocycles. The highest BCUT2D eigenvalue weighted by Crippen LogP contribution is 2.30. The quantitative estimate of drug-likeness (QED) is 0.394. The summed E-state index contributed by atoms with van der Waals surface area (Å²) in [5, 5.41) is 3.71. The molecule has 2 aliphatic heterocycles. The van der Waals surface area contributed by atoms with Gasteiger partial charge in [0.1, 0.15) is 6.04 Å². The minimum absolute atomic E-state index is 0.00519. The Balaban J connectivity index is 1.92. The monoisotopic (exact) mass is 394 g/mol. The molecule has 0 radical (unpaired) electrons. The summed E-state index contributed by atoms with van der Waals surface area (Å²) in [5.74, 6) is -0.491. The molecule has 3 amide bonds. The van der Waals surface area contributed by atoms with E-state index in [1.807, 2.05) is 20.8 Å². The van der Waals surface area contributed by atoms with Crippen molar-refractivity contribution in [3.05, 3.63) is 0 Å². The molecule has 0 saturated carbocycles. The molecular formula is C14H26N4O7S. The van der Waals surface area contributed by atoms with E-state index in [0.29, 0.717) is 17.9 Å². The summed E-state index contributed by atoms with van der Waals surface area (Å²) in [4.78, 5) is 31.1. The zero-order valence-corrected chi connectivity index (χ0v) is 16.1. The van der Waals surface area contributed by atoms with Gasteiger partial charge in [0.15, 0.2) is 0 Å². The maximum absolute atomic E-state index is 12.4. The van der Waals surface area contributed by atoms with Crippen molar-refractivity contribution in [2.45, 2.75) is 51.7 Å². The Morgan fingerprint density at radius 2 is 2.04 bits per heavy atom. The Bertz CT molecular complexity index is 648. The number of hydrogen-bond donors (Lipinski definition) is 3. The molecule has 2 bridgehead atoms. The highest BCUT2D eigenvalue weighted by molar-refractivity contribution is 7.80. The standard InChI is InChI=1S/C14H26N4O7S/c1-14(2,3)11(15-4)8-24-16-12(19)10-6-5-9-7-17(10)13(20)18(9)25-26(21,22)23/h9-11,15H,5-8H2,1-4H3,(H,16,19)(H,21,22,23)/t9-,10+,11?/m1/s1. The van der Waals surface area contributed by atoms with E-state index < -0.39 is 34.4 Å². The van der Waals surface area contributed by atoms with Crippen LogP contribution < -0.4 is 10.8 Å². The lowest BCUT2D eigenvalue weighted by Crippen LogP contribution is -2.51. The second-order valence-electron chi connectivity index (χ2n) is 7.49. The van der Waals surface area contributed by atoms with Gasteiger partial charge in [0.05, 0.1) is 12.6 Å². The van der Waals surface area contributed by atoms with Crippen LogP contribution in [0.25, 0.3) is 0 Å². The molecule has 2 heterocycles. The molecule has 2 aliphatic rings. The second-order valence-corrected chi connectivity index (χ2v) is 8.50. The molecule has 3 atom stereocenters. The van der Waals surface area contributed by atoms with E-state index in [-0.39, 0.29) is 24.6 Å². The van der Waals surface area contributed by atoms with E-state index in [1.165, 1.54) is 4.90 Å². The number of hydroxylamine groups is 3. The normalized spacial score (nSPS) is 24.7. The number of fused-ring (bicyclic) bond motifs is 2. The molecule has 26 heavy (non-hydrogen) atoms. The zero-order chi connectivity index (χ0) is 19.7. The first kappa shape index (κ1) is 20.8. The fourth-order valence-corrected chi connectivity index (χ4v) is 3.52. The Labute approximate surface area is 152 Å². The van der Waals surface area contributed by atoms with Crippen LogP contribution in [0.4, 0.5) is 4.79 Å². The SMILES string of the molecule is CNC(CONC(=O)[C@@H]1CC[C@@H]2CN1C(=O)N2OS(=O)(=O)O)C(C)(C)C. The van der Waals surface area contributed by atoms with Crippen molar-refractivity contribution < 1.29 is 31.7 Å². The van der Waals surface area contributed by atoms with Gasteiger partial charge in [-0.1, -0.05) is 20.8 Å². The Kier molecular flexibility index (Phi) is 6.13. The molecular weight excluding hydrogens is 368 g/mol. The molecule has 2 fully saturated rings. The van der Waals surface area contributed by atoms with Crippen molar-refractivity contribution in [1.82, 2.24) is 20.8 Å². The number of piperidine rings is 1. The summed E-state index contributed by atoms with van der Waals surface area (Å²) in [6.07, 6.45) is 0.683. The van der Waals surface area contributed by atoms with Crippen molar-refractivity contribution in [1.29, 1.82) is 0 Å². The summed E-state index contributed by atoms with van der Waals surface area (Å²) in [6, 6.07) is -2.11. The first-order chi connectivity index (χ1) is 11.9. The maximum Gasteiger partial charge on any atom is 0.418 e. The van der Waals surface area contributed by atoms with Crippen molar-refractivity contribution in [2.24, 2.45) is 5.41 Å². The number of nitrogens with zero attached hydrogens (tertiary/aromatic N) is 2. The largest absolute Gasteiger partial charge is 0.418 e. The first-order valence-corrected chi connectivity index (χ1v) is 9.66. The van der Waals surface area contributed by atoms with Gasteiger partial charge >= 0.3 is 16.4 Å². The third-order valence-electron chi connectivity index (χ3n) is 4.62. The van der Waals surface area contributed by atoms with Gasteiger partial charge in [0.25, 0.3) is 5.91 Å². The first-order valence-electron chi connectivity index (χ1n) is 8.30. The molecule has 0 aliphatic carbocycles. The second kappa shape index (κ2) is 7.64. The van der Waals surface area contributed by atoms with Gasteiger partial charge in [-0.3, -0.25) is 14.2 Å². The lowest BCUT2D eigenvalue weighted by Gasteiger charge is -2.31. The van der Waals surface area contributed by atoms with Crippen LogP contribution in [0.1, 0.15) is 33.6 Å².